The molecule has 2 aliphatic carbocycles. The summed E-state index contributed by atoms with van der Waals surface area (Å²) in [6.07, 6.45) is 1.06. The molecule has 0 unspecified atom stereocenters. The lowest BCUT2D eigenvalue weighted by Crippen LogP contribution is -2.59. The van der Waals surface area contributed by atoms with E-state index in [0.29, 0.717) is 12.8 Å². The van der Waals surface area contributed by atoms with E-state index < -0.39 is 23.5 Å². The average molecular weight is 408 g/mol. The third-order valence-electron chi connectivity index (χ3n) is 5.96. The molecule has 2 aromatic carbocycles. The smallest absolute Gasteiger partial charge is 0.407 e. The summed E-state index contributed by atoms with van der Waals surface area (Å²) >= 11 is 0. The van der Waals surface area contributed by atoms with Gasteiger partial charge in [-0.25, -0.2) is 9.59 Å². The van der Waals surface area contributed by atoms with Gasteiger partial charge in [0.1, 0.15) is 12.1 Å². The van der Waals surface area contributed by atoms with Crippen molar-refractivity contribution in [3.8, 4) is 11.1 Å². The molecule has 0 atom stereocenters. The lowest BCUT2D eigenvalue weighted by atomic mass is 9.76. The highest BCUT2D eigenvalue weighted by Gasteiger charge is 2.45. The Morgan fingerprint density at radius 2 is 1.60 bits per heavy atom. The highest BCUT2D eigenvalue weighted by Crippen LogP contribution is 2.44. The van der Waals surface area contributed by atoms with Crippen LogP contribution in [0.3, 0.4) is 0 Å². The van der Waals surface area contributed by atoms with E-state index in [0.717, 1.165) is 28.7 Å². The van der Waals surface area contributed by atoms with E-state index in [1.807, 2.05) is 36.4 Å². The van der Waals surface area contributed by atoms with Crippen molar-refractivity contribution in [1.82, 2.24) is 10.6 Å². The largest absolute Gasteiger partial charge is 0.480 e. The van der Waals surface area contributed by atoms with Crippen LogP contribution in [0, 0.1) is 0 Å². The van der Waals surface area contributed by atoms with Crippen LogP contribution >= 0.6 is 0 Å². The SMILES string of the molecule is O=C(CCNC(=O)OCC1c2ccccc2-c2ccccc21)NC1(C(=O)O)CCC1. The quantitative estimate of drug-likeness (QED) is 0.653. The minimum Gasteiger partial charge on any atom is -0.480 e. The molecule has 0 aliphatic heterocycles. The molecule has 0 saturated heterocycles. The number of fused-ring (bicyclic) bond motifs is 3. The van der Waals surface area contributed by atoms with Gasteiger partial charge in [-0.05, 0) is 41.5 Å². The first kappa shape index (κ1) is 19.9. The minimum atomic E-state index is -1.14. The third-order valence-corrected chi connectivity index (χ3v) is 5.96. The average Bonchev–Trinajstić information content (AvgIpc) is 3.03. The molecular formula is C23H24N2O5. The fourth-order valence-electron chi connectivity index (χ4n) is 4.18. The predicted molar refractivity (Wildman–Crippen MR) is 110 cm³/mol. The van der Waals surface area contributed by atoms with Crippen LogP contribution in [-0.2, 0) is 14.3 Å². The molecule has 2 amide bonds. The van der Waals surface area contributed by atoms with Gasteiger partial charge >= 0.3 is 12.1 Å². The van der Waals surface area contributed by atoms with Gasteiger partial charge < -0.3 is 20.5 Å². The van der Waals surface area contributed by atoms with E-state index >= 15 is 0 Å². The number of benzene rings is 2. The number of hydrogen-bond donors (Lipinski definition) is 3. The number of amides is 2. The molecule has 1 saturated carbocycles. The molecule has 4 rings (SSSR count). The highest BCUT2D eigenvalue weighted by molar-refractivity contribution is 5.88. The Balaban J connectivity index is 1.27. The number of nitrogens with one attached hydrogen (secondary N) is 2. The van der Waals surface area contributed by atoms with Gasteiger partial charge in [0.2, 0.25) is 5.91 Å². The lowest BCUT2D eigenvalue weighted by Gasteiger charge is -2.38. The Morgan fingerprint density at radius 3 is 2.13 bits per heavy atom. The molecule has 0 aromatic heterocycles. The minimum absolute atomic E-state index is 0.000768. The fraction of sp³-hybridized carbons (Fsp3) is 0.348. The maximum atomic E-state index is 12.1. The molecule has 30 heavy (non-hydrogen) atoms. The Bertz CT molecular complexity index is 938. The molecular weight excluding hydrogens is 384 g/mol. The molecule has 0 radical (unpaired) electrons. The maximum Gasteiger partial charge on any atom is 0.407 e. The van der Waals surface area contributed by atoms with Gasteiger partial charge in [0, 0.05) is 18.9 Å². The van der Waals surface area contributed by atoms with Crippen molar-refractivity contribution in [3.63, 3.8) is 0 Å². The van der Waals surface area contributed by atoms with Crippen molar-refractivity contribution in [2.24, 2.45) is 0 Å². The summed E-state index contributed by atoms with van der Waals surface area (Å²) < 4.78 is 5.42. The number of ether oxygens (including phenoxy) is 1. The van der Waals surface area contributed by atoms with Crippen molar-refractivity contribution < 1.29 is 24.2 Å². The number of hydrogen-bond acceptors (Lipinski definition) is 4. The van der Waals surface area contributed by atoms with E-state index in [-0.39, 0.29) is 25.5 Å². The van der Waals surface area contributed by atoms with Gasteiger partial charge in [-0.2, -0.15) is 0 Å². The number of carboxylic acids is 1. The fourth-order valence-corrected chi connectivity index (χ4v) is 4.18. The van der Waals surface area contributed by atoms with Crippen molar-refractivity contribution in [2.75, 3.05) is 13.2 Å². The first-order valence-corrected chi connectivity index (χ1v) is 10.1. The first-order valence-electron chi connectivity index (χ1n) is 10.1. The summed E-state index contributed by atoms with van der Waals surface area (Å²) in [4.78, 5) is 35.4. The molecule has 1 fully saturated rings. The zero-order valence-electron chi connectivity index (χ0n) is 16.5. The van der Waals surface area contributed by atoms with Crippen LogP contribution in [0.15, 0.2) is 48.5 Å². The molecule has 0 heterocycles. The molecule has 2 aromatic rings. The van der Waals surface area contributed by atoms with Gasteiger partial charge in [-0.3, -0.25) is 4.79 Å². The summed E-state index contributed by atoms with van der Waals surface area (Å²) in [7, 11) is 0. The molecule has 0 spiro atoms. The van der Waals surface area contributed by atoms with Crippen LogP contribution < -0.4 is 10.6 Å². The third kappa shape index (κ3) is 3.75. The van der Waals surface area contributed by atoms with E-state index in [9.17, 15) is 19.5 Å². The van der Waals surface area contributed by atoms with Crippen molar-refractivity contribution in [3.05, 3.63) is 59.7 Å². The number of aliphatic carboxylic acids is 1. The van der Waals surface area contributed by atoms with E-state index in [4.69, 9.17) is 4.74 Å². The topological polar surface area (TPSA) is 105 Å². The summed E-state index contributed by atoms with van der Waals surface area (Å²) in [5.41, 5.74) is 3.43. The highest BCUT2D eigenvalue weighted by atomic mass is 16.5. The normalized spacial score (nSPS) is 16.0. The summed E-state index contributed by atoms with van der Waals surface area (Å²) in [6, 6.07) is 16.2. The Labute approximate surface area is 174 Å². The number of carbonyl (C=O) groups is 3. The Morgan fingerprint density at radius 1 is 1.00 bits per heavy atom. The van der Waals surface area contributed by atoms with Crippen LogP contribution in [0.1, 0.15) is 42.7 Å². The second-order valence-corrected chi connectivity index (χ2v) is 7.79. The first-order chi connectivity index (χ1) is 14.5. The molecule has 7 heteroatoms. The molecule has 7 nitrogen and oxygen atoms in total. The van der Waals surface area contributed by atoms with Crippen LogP contribution in [0.25, 0.3) is 11.1 Å². The molecule has 156 valence electrons. The van der Waals surface area contributed by atoms with Gasteiger partial charge in [0.15, 0.2) is 0 Å². The van der Waals surface area contributed by atoms with Crippen LogP contribution in [0.5, 0.6) is 0 Å². The number of carboxylic acid groups (broad SMARTS) is 1. The van der Waals surface area contributed by atoms with Gasteiger partial charge in [-0.1, -0.05) is 48.5 Å². The number of carbonyl (C=O) groups excluding carboxylic acids is 2. The second kappa shape index (κ2) is 8.18. The molecule has 2 aliphatic rings. The van der Waals surface area contributed by atoms with Crippen molar-refractivity contribution in [2.45, 2.75) is 37.1 Å². The summed E-state index contributed by atoms with van der Waals surface area (Å²) in [6.45, 7) is 0.284. The Kier molecular flexibility index (Phi) is 5.44. The van der Waals surface area contributed by atoms with Crippen LogP contribution in [0.4, 0.5) is 4.79 Å². The second-order valence-electron chi connectivity index (χ2n) is 7.79. The van der Waals surface area contributed by atoms with Gasteiger partial charge in [0.05, 0.1) is 0 Å². The van der Waals surface area contributed by atoms with Crippen LogP contribution in [-0.4, -0.2) is 41.8 Å². The lowest BCUT2D eigenvalue weighted by molar-refractivity contribution is -0.151. The monoisotopic (exact) mass is 408 g/mol. The molecule has 3 N–H and O–H groups in total. The van der Waals surface area contributed by atoms with Gasteiger partial charge in [0.25, 0.3) is 0 Å². The number of alkyl carbamates (subject to hydrolysis) is 1. The summed E-state index contributed by atoms with van der Waals surface area (Å²) in [5, 5.41) is 14.4. The zero-order valence-corrected chi connectivity index (χ0v) is 16.5. The van der Waals surface area contributed by atoms with E-state index in [1.165, 1.54) is 0 Å². The predicted octanol–water partition coefficient (Wildman–Crippen LogP) is 3.04. The summed E-state index contributed by atoms with van der Waals surface area (Å²) in [5.74, 6) is -1.43. The van der Waals surface area contributed by atoms with E-state index in [1.54, 1.807) is 0 Å². The van der Waals surface area contributed by atoms with E-state index in [2.05, 4.69) is 22.8 Å². The van der Waals surface area contributed by atoms with Gasteiger partial charge in [-0.15, -0.1) is 0 Å². The van der Waals surface area contributed by atoms with Crippen molar-refractivity contribution >= 4 is 18.0 Å². The van der Waals surface area contributed by atoms with Crippen molar-refractivity contribution in [1.29, 1.82) is 0 Å². The zero-order chi connectivity index (χ0) is 21.1. The molecule has 0 bridgehead atoms. The number of rotatable bonds is 7. The maximum absolute atomic E-state index is 12.1. The Hall–Kier alpha value is -3.35. The standard InChI is InChI=1S/C23H24N2O5/c26-20(25-23(21(27)28)11-5-12-23)10-13-24-22(29)30-14-19-17-8-3-1-6-15(17)16-7-2-4-9-18(16)19/h1-4,6-9,19H,5,10-14H2,(H,24,29)(H,25,26)(H,27,28). The van der Waals surface area contributed by atoms with Crippen LogP contribution in [0.2, 0.25) is 0 Å².